The molecule has 3 aromatic rings. The molecule has 0 bridgehead atoms. The van der Waals surface area contributed by atoms with Crippen molar-refractivity contribution < 1.29 is 9.90 Å². The van der Waals surface area contributed by atoms with Crippen LogP contribution in [0.3, 0.4) is 0 Å². The number of H-pyrrole nitrogens is 1. The average Bonchev–Trinajstić information content (AvgIpc) is 3.35. The maximum Gasteiger partial charge on any atom is 0.276 e. The van der Waals surface area contributed by atoms with Gasteiger partial charge in [-0.2, -0.15) is 10.4 Å². The van der Waals surface area contributed by atoms with Crippen LogP contribution in [0.2, 0.25) is 0 Å². The van der Waals surface area contributed by atoms with E-state index in [0.29, 0.717) is 49.1 Å². The lowest BCUT2D eigenvalue weighted by Crippen LogP contribution is -2.50. The minimum absolute atomic E-state index is 0.199. The van der Waals surface area contributed by atoms with Crippen LogP contribution in [0.15, 0.2) is 29.3 Å². The first-order valence-electron chi connectivity index (χ1n) is 9.92. The molecule has 0 aromatic carbocycles. The van der Waals surface area contributed by atoms with Gasteiger partial charge in [0.15, 0.2) is 0 Å². The second-order valence-corrected chi connectivity index (χ2v) is 7.66. The number of nitriles is 1. The zero-order valence-electron chi connectivity index (χ0n) is 16.9. The summed E-state index contributed by atoms with van der Waals surface area (Å²) < 4.78 is 2.89. The van der Waals surface area contributed by atoms with Gasteiger partial charge in [0, 0.05) is 19.3 Å². The Morgan fingerprint density at radius 1 is 1.43 bits per heavy atom. The van der Waals surface area contributed by atoms with E-state index in [0.717, 1.165) is 0 Å². The number of aliphatic hydroxyl groups is 1. The van der Waals surface area contributed by atoms with Crippen molar-refractivity contribution in [2.75, 3.05) is 13.1 Å². The topological polar surface area (TPSA) is 132 Å². The Bertz CT molecular complexity index is 1190. The fourth-order valence-electron chi connectivity index (χ4n) is 4.07. The quantitative estimate of drug-likeness (QED) is 0.661. The molecule has 30 heavy (non-hydrogen) atoms. The highest BCUT2D eigenvalue weighted by Crippen LogP contribution is 2.32. The number of amides is 1. The third-order valence-corrected chi connectivity index (χ3v) is 5.96. The van der Waals surface area contributed by atoms with Crippen molar-refractivity contribution in [3.8, 4) is 12.0 Å². The van der Waals surface area contributed by atoms with Gasteiger partial charge >= 0.3 is 0 Å². The van der Waals surface area contributed by atoms with Gasteiger partial charge in [-0.25, -0.2) is 9.20 Å². The van der Waals surface area contributed by atoms with Gasteiger partial charge in [0.1, 0.15) is 5.52 Å². The molecule has 1 aliphatic heterocycles. The van der Waals surface area contributed by atoms with E-state index in [-0.39, 0.29) is 17.4 Å². The summed E-state index contributed by atoms with van der Waals surface area (Å²) in [6.45, 7) is 4.35. The molecule has 0 radical (unpaired) electrons. The maximum atomic E-state index is 13.1. The number of carbonyl (C=O) groups is 1. The Labute approximate surface area is 172 Å². The summed E-state index contributed by atoms with van der Waals surface area (Å²) >= 11 is 0. The number of hydrogen-bond acceptors (Lipinski definition) is 6. The highest BCUT2D eigenvalue weighted by molar-refractivity contribution is 5.95. The zero-order chi connectivity index (χ0) is 21.5. The standard InChI is InChI=1S/C20H23N7O3/c1-3-14(11-21)20(30)6-9-25(10-7-20)18(29)15-12-22-27(13(15)2)19-23-17(28)16-5-4-8-26(16)24-19/h4-5,8,12,14,30H,3,6-7,9-10H2,1-2H3,(H,23,24,28). The number of piperidine rings is 1. The molecule has 0 aliphatic carbocycles. The van der Waals surface area contributed by atoms with Crippen LogP contribution in [-0.4, -0.2) is 59.0 Å². The van der Waals surface area contributed by atoms with Crippen molar-refractivity contribution >= 4 is 11.4 Å². The minimum Gasteiger partial charge on any atom is -0.388 e. The summed E-state index contributed by atoms with van der Waals surface area (Å²) in [5, 5.41) is 28.7. The van der Waals surface area contributed by atoms with E-state index < -0.39 is 11.5 Å². The Morgan fingerprint density at radius 2 is 2.17 bits per heavy atom. The predicted octanol–water partition coefficient (Wildman–Crippen LogP) is 1.03. The molecule has 1 fully saturated rings. The smallest absolute Gasteiger partial charge is 0.276 e. The molecule has 10 heteroatoms. The van der Waals surface area contributed by atoms with Crippen molar-refractivity contribution in [3.05, 3.63) is 46.1 Å². The second kappa shape index (κ2) is 7.42. The van der Waals surface area contributed by atoms with Crippen molar-refractivity contribution in [2.24, 2.45) is 5.92 Å². The molecule has 3 aromatic heterocycles. The van der Waals surface area contributed by atoms with Gasteiger partial charge in [-0.05, 0) is 38.3 Å². The monoisotopic (exact) mass is 409 g/mol. The normalized spacial score (nSPS) is 17.1. The van der Waals surface area contributed by atoms with E-state index in [2.05, 4.69) is 21.3 Å². The SMILES string of the molecule is CCC(C#N)C1(O)CCN(C(=O)c2cnn(-c3nn4cccc4c(=O)[nH]3)c2C)CC1. The lowest BCUT2D eigenvalue weighted by Gasteiger charge is -2.40. The second-order valence-electron chi connectivity index (χ2n) is 7.66. The molecule has 2 N–H and O–H groups in total. The van der Waals surface area contributed by atoms with Crippen LogP contribution in [0.5, 0.6) is 0 Å². The molecule has 4 rings (SSSR count). The molecular formula is C20H23N7O3. The zero-order valence-corrected chi connectivity index (χ0v) is 16.9. The van der Waals surface area contributed by atoms with Gasteiger partial charge in [-0.3, -0.25) is 14.6 Å². The summed E-state index contributed by atoms with van der Waals surface area (Å²) in [6.07, 6.45) is 4.42. The van der Waals surface area contributed by atoms with E-state index in [9.17, 15) is 20.0 Å². The molecule has 156 valence electrons. The van der Waals surface area contributed by atoms with Crippen LogP contribution in [0.4, 0.5) is 0 Å². The average molecular weight is 409 g/mol. The molecule has 4 heterocycles. The van der Waals surface area contributed by atoms with Gasteiger partial charge in [0.25, 0.3) is 11.5 Å². The summed E-state index contributed by atoms with van der Waals surface area (Å²) in [7, 11) is 0. The number of fused-ring (bicyclic) bond motifs is 1. The Kier molecular flexibility index (Phi) is 4.91. The summed E-state index contributed by atoms with van der Waals surface area (Å²) in [5.74, 6) is -0.422. The van der Waals surface area contributed by atoms with Gasteiger partial charge in [0.05, 0.1) is 35.0 Å². The number of nitrogens with zero attached hydrogens (tertiary/aromatic N) is 6. The van der Waals surface area contributed by atoms with Crippen LogP contribution in [0.1, 0.15) is 42.2 Å². The van der Waals surface area contributed by atoms with E-state index in [1.807, 2.05) is 6.92 Å². The largest absolute Gasteiger partial charge is 0.388 e. The van der Waals surface area contributed by atoms with E-state index in [4.69, 9.17) is 0 Å². The highest BCUT2D eigenvalue weighted by atomic mass is 16.3. The fraction of sp³-hybridized carbons (Fsp3) is 0.450. The number of aromatic amines is 1. The first-order chi connectivity index (χ1) is 14.4. The number of aromatic nitrogens is 5. The van der Waals surface area contributed by atoms with Crippen molar-refractivity contribution in [1.29, 1.82) is 5.26 Å². The molecule has 1 saturated heterocycles. The molecular weight excluding hydrogens is 386 g/mol. The van der Waals surface area contributed by atoms with Gasteiger partial charge in [-0.15, -0.1) is 5.10 Å². The molecule has 1 atom stereocenters. The highest BCUT2D eigenvalue weighted by Gasteiger charge is 2.40. The van der Waals surface area contributed by atoms with Crippen LogP contribution >= 0.6 is 0 Å². The van der Waals surface area contributed by atoms with Crippen molar-refractivity contribution in [2.45, 2.75) is 38.7 Å². The third kappa shape index (κ3) is 3.17. The molecule has 1 aliphatic rings. The van der Waals surface area contributed by atoms with Gasteiger partial charge in [0.2, 0.25) is 5.95 Å². The fourth-order valence-corrected chi connectivity index (χ4v) is 4.07. The third-order valence-electron chi connectivity index (χ3n) is 5.96. The molecule has 0 saturated carbocycles. The van der Waals surface area contributed by atoms with E-state index in [1.165, 1.54) is 15.4 Å². The summed E-state index contributed by atoms with van der Waals surface area (Å²) in [4.78, 5) is 29.6. The van der Waals surface area contributed by atoms with Gasteiger partial charge < -0.3 is 10.0 Å². The Morgan fingerprint density at radius 3 is 2.83 bits per heavy atom. The Balaban J connectivity index is 1.56. The van der Waals surface area contributed by atoms with E-state index in [1.54, 1.807) is 30.2 Å². The number of hydrogen-bond donors (Lipinski definition) is 2. The molecule has 10 nitrogen and oxygen atoms in total. The van der Waals surface area contributed by atoms with Crippen LogP contribution in [-0.2, 0) is 0 Å². The molecule has 1 amide bonds. The maximum absolute atomic E-state index is 13.1. The van der Waals surface area contributed by atoms with Crippen LogP contribution in [0.25, 0.3) is 11.5 Å². The molecule has 1 unspecified atom stereocenters. The molecule has 0 spiro atoms. The minimum atomic E-state index is -1.06. The first kappa shape index (κ1) is 19.8. The van der Waals surface area contributed by atoms with Crippen molar-refractivity contribution in [3.63, 3.8) is 0 Å². The summed E-state index contributed by atoms with van der Waals surface area (Å²) in [6, 6.07) is 5.56. The van der Waals surface area contributed by atoms with Crippen molar-refractivity contribution in [1.82, 2.24) is 29.3 Å². The van der Waals surface area contributed by atoms with E-state index >= 15 is 0 Å². The lowest BCUT2D eigenvalue weighted by molar-refractivity contribution is -0.0464. The first-order valence-corrected chi connectivity index (χ1v) is 9.92. The number of carbonyl (C=O) groups excluding carboxylic acids is 1. The Hall–Kier alpha value is -3.45. The summed E-state index contributed by atoms with van der Waals surface area (Å²) in [5.41, 5.74) is 0.0196. The number of nitrogens with one attached hydrogen (secondary N) is 1. The van der Waals surface area contributed by atoms with Gasteiger partial charge in [-0.1, -0.05) is 6.92 Å². The van der Waals surface area contributed by atoms with Crippen LogP contribution < -0.4 is 5.56 Å². The van der Waals surface area contributed by atoms with Crippen LogP contribution in [0, 0.1) is 24.2 Å². The lowest BCUT2D eigenvalue weighted by atomic mass is 9.79. The predicted molar refractivity (Wildman–Crippen MR) is 107 cm³/mol. The number of rotatable bonds is 4. The number of likely N-dealkylation sites (tertiary alicyclic amines) is 1.